The summed E-state index contributed by atoms with van der Waals surface area (Å²) in [5.74, 6) is 0.844. The lowest BCUT2D eigenvalue weighted by molar-refractivity contribution is 0.242. The minimum Gasteiger partial charge on any atom is -0.491 e. The Morgan fingerprint density at radius 2 is 1.93 bits per heavy atom. The molecule has 0 radical (unpaired) electrons. The van der Waals surface area contributed by atoms with Crippen molar-refractivity contribution in [1.29, 1.82) is 0 Å². The number of ether oxygens (including phenoxy) is 1. The van der Waals surface area contributed by atoms with Gasteiger partial charge in [-0.25, -0.2) is 0 Å². The van der Waals surface area contributed by atoms with Gasteiger partial charge in [-0.05, 0) is 38.1 Å². The lowest BCUT2D eigenvalue weighted by Gasteiger charge is -2.11. The summed E-state index contributed by atoms with van der Waals surface area (Å²) in [4.78, 5) is 0.990. The van der Waals surface area contributed by atoms with E-state index >= 15 is 0 Å². The Bertz CT molecular complexity index is 287. The maximum absolute atomic E-state index is 9.33. The van der Waals surface area contributed by atoms with Crippen LogP contribution in [0.1, 0.15) is 13.8 Å². The molecule has 0 bridgehead atoms. The highest BCUT2D eigenvalue weighted by molar-refractivity contribution is 7.99. The van der Waals surface area contributed by atoms with Crippen LogP contribution in [0.2, 0.25) is 0 Å². The third kappa shape index (κ3) is 4.55. The summed E-state index contributed by atoms with van der Waals surface area (Å²) in [5.41, 5.74) is 4.78. The van der Waals surface area contributed by atoms with Crippen molar-refractivity contribution in [2.24, 2.45) is 5.73 Å². The van der Waals surface area contributed by atoms with Crippen molar-refractivity contribution in [2.75, 3.05) is 6.54 Å². The van der Waals surface area contributed by atoms with Gasteiger partial charge in [-0.1, -0.05) is 11.8 Å². The van der Waals surface area contributed by atoms with Gasteiger partial charge in [0.25, 0.3) is 0 Å². The molecule has 3 nitrogen and oxygen atoms in total. The molecule has 15 heavy (non-hydrogen) atoms. The van der Waals surface area contributed by atoms with Crippen LogP contribution >= 0.6 is 11.8 Å². The molecule has 1 atom stereocenters. The smallest absolute Gasteiger partial charge is 0.119 e. The Morgan fingerprint density at radius 3 is 2.40 bits per heavy atom. The van der Waals surface area contributed by atoms with E-state index in [9.17, 15) is 5.11 Å². The molecule has 1 rings (SSSR count). The van der Waals surface area contributed by atoms with E-state index in [1.807, 2.05) is 38.1 Å². The zero-order valence-corrected chi connectivity index (χ0v) is 9.83. The molecule has 0 aromatic heterocycles. The van der Waals surface area contributed by atoms with Crippen LogP contribution in [0.25, 0.3) is 0 Å². The van der Waals surface area contributed by atoms with Gasteiger partial charge in [-0.15, -0.1) is 0 Å². The van der Waals surface area contributed by atoms with Crippen molar-refractivity contribution in [3.8, 4) is 5.75 Å². The average Bonchev–Trinajstić information content (AvgIpc) is 2.20. The van der Waals surface area contributed by atoms with Crippen molar-refractivity contribution >= 4 is 11.8 Å². The zero-order chi connectivity index (χ0) is 11.3. The van der Waals surface area contributed by atoms with E-state index in [0.717, 1.165) is 10.6 Å². The highest BCUT2D eigenvalue weighted by Crippen LogP contribution is 2.24. The van der Waals surface area contributed by atoms with Crippen LogP contribution in [0, 0.1) is 0 Å². The monoisotopic (exact) mass is 227 g/mol. The van der Waals surface area contributed by atoms with E-state index in [4.69, 9.17) is 10.5 Å². The van der Waals surface area contributed by atoms with Gasteiger partial charge in [0, 0.05) is 11.4 Å². The van der Waals surface area contributed by atoms with Crippen LogP contribution in [-0.4, -0.2) is 23.2 Å². The lowest BCUT2D eigenvalue weighted by Crippen LogP contribution is -2.15. The first-order chi connectivity index (χ1) is 7.11. The largest absolute Gasteiger partial charge is 0.491 e. The summed E-state index contributed by atoms with van der Waals surface area (Å²) >= 11 is 1.35. The summed E-state index contributed by atoms with van der Waals surface area (Å²) in [6.07, 6.45) is 0.179. The molecule has 3 N–H and O–H groups in total. The van der Waals surface area contributed by atoms with Crippen LogP contribution < -0.4 is 10.5 Å². The molecule has 1 aromatic carbocycles. The fourth-order valence-corrected chi connectivity index (χ4v) is 1.78. The molecule has 1 unspecified atom stereocenters. The normalized spacial score (nSPS) is 12.9. The first-order valence-corrected chi connectivity index (χ1v) is 5.81. The van der Waals surface area contributed by atoms with Crippen molar-refractivity contribution < 1.29 is 9.84 Å². The van der Waals surface area contributed by atoms with Gasteiger partial charge in [-0.3, -0.25) is 0 Å². The number of hydrogen-bond acceptors (Lipinski definition) is 4. The van der Waals surface area contributed by atoms with Crippen LogP contribution in [0.4, 0.5) is 0 Å². The molecule has 0 heterocycles. The molecule has 84 valence electrons. The molecule has 0 aliphatic rings. The molecule has 0 aliphatic carbocycles. The maximum atomic E-state index is 9.33. The van der Waals surface area contributed by atoms with Gasteiger partial charge in [-0.2, -0.15) is 0 Å². The SMILES string of the molecule is CC(C)Oc1ccc(SC(O)CN)cc1. The minimum atomic E-state index is -0.540. The Balaban J connectivity index is 2.56. The van der Waals surface area contributed by atoms with Gasteiger partial charge in [0.15, 0.2) is 0 Å². The Hall–Kier alpha value is -0.710. The molecule has 0 aliphatic heterocycles. The van der Waals surface area contributed by atoms with Crippen LogP contribution in [0.5, 0.6) is 5.75 Å². The third-order valence-corrected chi connectivity index (χ3v) is 2.68. The molecular formula is C11H17NO2S. The third-order valence-electron chi connectivity index (χ3n) is 1.67. The van der Waals surface area contributed by atoms with Gasteiger partial charge in [0.1, 0.15) is 11.2 Å². The van der Waals surface area contributed by atoms with Crippen molar-refractivity contribution in [1.82, 2.24) is 0 Å². The van der Waals surface area contributed by atoms with Crippen LogP contribution in [0.15, 0.2) is 29.2 Å². The van der Waals surface area contributed by atoms with E-state index in [1.165, 1.54) is 11.8 Å². The number of nitrogens with two attached hydrogens (primary N) is 1. The Labute approximate surface area is 94.6 Å². The first-order valence-electron chi connectivity index (χ1n) is 4.93. The summed E-state index contributed by atoms with van der Waals surface area (Å²) in [6.45, 7) is 4.23. The Morgan fingerprint density at radius 1 is 1.33 bits per heavy atom. The summed E-state index contributed by atoms with van der Waals surface area (Å²) in [6, 6.07) is 7.62. The summed E-state index contributed by atoms with van der Waals surface area (Å²) in [5, 5.41) is 9.33. The molecule has 0 saturated heterocycles. The van der Waals surface area contributed by atoms with Gasteiger partial charge in [0.05, 0.1) is 6.10 Å². The predicted octanol–water partition coefficient (Wildman–Crippen LogP) is 1.84. The van der Waals surface area contributed by atoms with E-state index in [0.29, 0.717) is 0 Å². The topological polar surface area (TPSA) is 55.5 Å². The van der Waals surface area contributed by atoms with E-state index < -0.39 is 5.44 Å². The first kappa shape index (κ1) is 12.4. The number of thioether (sulfide) groups is 1. The maximum Gasteiger partial charge on any atom is 0.119 e. The number of aliphatic hydroxyl groups excluding tert-OH is 1. The number of aliphatic hydroxyl groups is 1. The molecule has 4 heteroatoms. The van der Waals surface area contributed by atoms with E-state index in [2.05, 4.69) is 0 Å². The fraction of sp³-hybridized carbons (Fsp3) is 0.455. The molecular weight excluding hydrogens is 210 g/mol. The predicted molar refractivity (Wildman–Crippen MR) is 63.1 cm³/mol. The number of benzene rings is 1. The average molecular weight is 227 g/mol. The van der Waals surface area contributed by atoms with Crippen LogP contribution in [-0.2, 0) is 0 Å². The van der Waals surface area contributed by atoms with Crippen LogP contribution in [0.3, 0.4) is 0 Å². The second-order valence-electron chi connectivity index (χ2n) is 3.45. The standard InChI is InChI=1S/C11H17NO2S/c1-8(2)14-9-3-5-10(6-4-9)15-11(13)7-12/h3-6,8,11,13H,7,12H2,1-2H3. The molecule has 0 spiro atoms. The van der Waals surface area contributed by atoms with E-state index in [1.54, 1.807) is 0 Å². The summed E-state index contributed by atoms with van der Waals surface area (Å²) < 4.78 is 5.50. The minimum absolute atomic E-state index is 0.179. The van der Waals surface area contributed by atoms with Gasteiger partial charge >= 0.3 is 0 Å². The van der Waals surface area contributed by atoms with Gasteiger partial charge < -0.3 is 15.6 Å². The molecule has 0 amide bonds. The van der Waals surface area contributed by atoms with Crippen molar-refractivity contribution in [3.05, 3.63) is 24.3 Å². The zero-order valence-electron chi connectivity index (χ0n) is 9.01. The molecule has 0 fully saturated rings. The number of rotatable bonds is 5. The Kier molecular flexibility index (Phi) is 4.94. The highest BCUT2D eigenvalue weighted by Gasteiger charge is 2.04. The summed E-state index contributed by atoms with van der Waals surface area (Å²) in [7, 11) is 0. The number of hydrogen-bond donors (Lipinski definition) is 2. The lowest BCUT2D eigenvalue weighted by atomic mass is 10.3. The van der Waals surface area contributed by atoms with Crippen molar-refractivity contribution in [2.45, 2.75) is 30.3 Å². The van der Waals surface area contributed by atoms with E-state index in [-0.39, 0.29) is 12.6 Å². The van der Waals surface area contributed by atoms with Crippen molar-refractivity contribution in [3.63, 3.8) is 0 Å². The second-order valence-corrected chi connectivity index (χ2v) is 4.70. The quantitative estimate of drug-likeness (QED) is 0.595. The molecule has 1 aromatic rings. The highest BCUT2D eigenvalue weighted by atomic mass is 32.2. The van der Waals surface area contributed by atoms with Gasteiger partial charge in [0.2, 0.25) is 0 Å². The second kappa shape index (κ2) is 6.00. The molecule has 0 saturated carbocycles. The fourth-order valence-electron chi connectivity index (χ4n) is 1.07.